The number of hydrogen-bond donors (Lipinski definition) is 2. The largest absolute Gasteiger partial charge is 0.391 e. The van der Waals surface area contributed by atoms with Gasteiger partial charge in [-0.1, -0.05) is 34.1 Å². The van der Waals surface area contributed by atoms with Crippen molar-refractivity contribution in [2.75, 3.05) is 11.9 Å². The zero-order valence-electron chi connectivity index (χ0n) is 11.5. The molecule has 1 atom stereocenters. The monoisotopic (exact) mass is 315 g/mol. The maximum atomic E-state index is 9.69. The molecule has 0 radical (unpaired) electrons. The summed E-state index contributed by atoms with van der Waals surface area (Å²) in [6.45, 7) is 8.79. The van der Waals surface area contributed by atoms with Crippen LogP contribution in [0, 0.1) is 0 Å². The quantitative estimate of drug-likeness (QED) is 0.820. The van der Waals surface area contributed by atoms with Crippen LogP contribution < -0.4 is 5.32 Å². The predicted octanol–water partition coefficient (Wildman–Crippen LogP) is 3.11. The van der Waals surface area contributed by atoms with Gasteiger partial charge in [0.15, 0.2) is 0 Å². The maximum Gasteiger partial charge on any atom is 0.137 e. The number of aliphatic hydroxyl groups excluding tert-OH is 1. The van der Waals surface area contributed by atoms with Crippen molar-refractivity contribution < 1.29 is 5.11 Å². The Morgan fingerprint density at radius 2 is 2.06 bits per heavy atom. The molecule has 0 saturated carbocycles. The van der Waals surface area contributed by atoms with Crippen LogP contribution in [0.4, 0.5) is 5.82 Å². The number of anilines is 1. The van der Waals surface area contributed by atoms with Gasteiger partial charge in [-0.15, -0.1) is 0 Å². The van der Waals surface area contributed by atoms with Crippen LogP contribution in [0.2, 0.25) is 0 Å². The number of halogens is 1. The van der Waals surface area contributed by atoms with E-state index >= 15 is 0 Å². The minimum absolute atomic E-state index is 0.0950. The Hall–Kier alpha value is -0.680. The van der Waals surface area contributed by atoms with Gasteiger partial charge in [-0.2, -0.15) is 0 Å². The van der Waals surface area contributed by atoms with Gasteiger partial charge in [-0.25, -0.2) is 9.97 Å². The van der Waals surface area contributed by atoms with Crippen LogP contribution in [-0.4, -0.2) is 27.7 Å². The second-order valence-corrected chi connectivity index (χ2v) is 6.29. The SMILES string of the molecule is CCCC(O)CNc1cc(Br)nc(C(C)(C)C)n1. The first-order valence-electron chi connectivity index (χ1n) is 6.30. The second-order valence-electron chi connectivity index (χ2n) is 5.47. The molecule has 18 heavy (non-hydrogen) atoms. The fourth-order valence-corrected chi connectivity index (χ4v) is 1.89. The van der Waals surface area contributed by atoms with Gasteiger partial charge in [0.1, 0.15) is 16.2 Å². The summed E-state index contributed by atoms with van der Waals surface area (Å²) in [5.41, 5.74) is -0.0950. The van der Waals surface area contributed by atoms with Crippen molar-refractivity contribution in [3.63, 3.8) is 0 Å². The van der Waals surface area contributed by atoms with E-state index < -0.39 is 0 Å². The third-order valence-corrected chi connectivity index (χ3v) is 2.91. The van der Waals surface area contributed by atoms with E-state index in [4.69, 9.17) is 0 Å². The molecule has 4 nitrogen and oxygen atoms in total. The molecule has 0 fully saturated rings. The highest BCUT2D eigenvalue weighted by Gasteiger charge is 2.18. The lowest BCUT2D eigenvalue weighted by molar-refractivity contribution is 0.176. The first kappa shape index (κ1) is 15.4. The third-order valence-electron chi connectivity index (χ3n) is 2.51. The topological polar surface area (TPSA) is 58.0 Å². The highest BCUT2D eigenvalue weighted by Crippen LogP contribution is 2.22. The molecule has 0 saturated heterocycles. The van der Waals surface area contributed by atoms with Crippen LogP contribution in [0.5, 0.6) is 0 Å². The summed E-state index contributed by atoms with van der Waals surface area (Å²) in [5.74, 6) is 1.53. The average molecular weight is 316 g/mol. The lowest BCUT2D eigenvalue weighted by atomic mass is 9.96. The predicted molar refractivity (Wildman–Crippen MR) is 77.8 cm³/mol. The molecular weight excluding hydrogens is 294 g/mol. The first-order valence-corrected chi connectivity index (χ1v) is 7.09. The van der Waals surface area contributed by atoms with Crippen molar-refractivity contribution in [3.05, 3.63) is 16.5 Å². The Balaban J connectivity index is 2.75. The molecule has 0 spiro atoms. The lowest BCUT2D eigenvalue weighted by Gasteiger charge is -2.18. The zero-order chi connectivity index (χ0) is 13.8. The summed E-state index contributed by atoms with van der Waals surface area (Å²) in [4.78, 5) is 8.85. The molecule has 0 aliphatic heterocycles. The molecule has 0 aromatic carbocycles. The van der Waals surface area contributed by atoms with Crippen LogP contribution in [0.15, 0.2) is 10.7 Å². The average Bonchev–Trinajstić information content (AvgIpc) is 2.25. The molecule has 2 N–H and O–H groups in total. The molecule has 1 aromatic rings. The maximum absolute atomic E-state index is 9.69. The molecular formula is C13H22BrN3O. The van der Waals surface area contributed by atoms with Crippen LogP contribution in [0.1, 0.15) is 46.4 Å². The molecule has 1 unspecified atom stereocenters. The Kier molecular flexibility index (Phi) is 5.53. The second kappa shape index (κ2) is 6.48. The van der Waals surface area contributed by atoms with E-state index in [0.29, 0.717) is 6.54 Å². The van der Waals surface area contributed by atoms with Gasteiger partial charge < -0.3 is 10.4 Å². The Morgan fingerprint density at radius 1 is 1.39 bits per heavy atom. The molecule has 0 bridgehead atoms. The number of hydrogen-bond acceptors (Lipinski definition) is 4. The summed E-state index contributed by atoms with van der Waals surface area (Å²) >= 11 is 3.39. The molecule has 1 aromatic heterocycles. The molecule has 102 valence electrons. The molecule has 5 heteroatoms. The van der Waals surface area contributed by atoms with E-state index in [1.807, 2.05) is 6.07 Å². The fourth-order valence-electron chi connectivity index (χ4n) is 1.50. The normalized spacial score (nSPS) is 13.4. The van der Waals surface area contributed by atoms with Crippen LogP contribution in [0.3, 0.4) is 0 Å². The van der Waals surface area contributed by atoms with E-state index in [-0.39, 0.29) is 11.5 Å². The molecule has 0 aliphatic rings. The highest BCUT2D eigenvalue weighted by atomic mass is 79.9. The lowest BCUT2D eigenvalue weighted by Crippen LogP contribution is -2.21. The summed E-state index contributed by atoms with van der Waals surface area (Å²) in [5, 5.41) is 12.8. The Morgan fingerprint density at radius 3 is 2.61 bits per heavy atom. The third kappa shape index (κ3) is 4.90. The van der Waals surface area contributed by atoms with Crippen LogP contribution in [0.25, 0.3) is 0 Å². The van der Waals surface area contributed by atoms with E-state index in [1.165, 1.54) is 0 Å². The van der Waals surface area contributed by atoms with Gasteiger partial charge in [0.25, 0.3) is 0 Å². The number of rotatable bonds is 5. The summed E-state index contributed by atoms with van der Waals surface area (Å²) in [6, 6.07) is 1.83. The van der Waals surface area contributed by atoms with Crippen LogP contribution in [-0.2, 0) is 5.41 Å². The van der Waals surface area contributed by atoms with Gasteiger partial charge in [0, 0.05) is 18.0 Å². The van der Waals surface area contributed by atoms with Gasteiger partial charge in [0.05, 0.1) is 6.10 Å². The highest BCUT2D eigenvalue weighted by molar-refractivity contribution is 9.10. The molecule has 1 heterocycles. The number of nitrogens with zero attached hydrogens (tertiary/aromatic N) is 2. The Labute approximate surface area is 117 Å². The fraction of sp³-hybridized carbons (Fsp3) is 0.692. The minimum atomic E-state index is -0.332. The number of aliphatic hydroxyl groups is 1. The van der Waals surface area contributed by atoms with Crippen molar-refractivity contribution in [2.24, 2.45) is 0 Å². The van der Waals surface area contributed by atoms with Gasteiger partial charge >= 0.3 is 0 Å². The van der Waals surface area contributed by atoms with Gasteiger partial charge in [-0.3, -0.25) is 0 Å². The molecule has 0 aliphatic carbocycles. The zero-order valence-corrected chi connectivity index (χ0v) is 13.1. The van der Waals surface area contributed by atoms with Gasteiger partial charge in [-0.05, 0) is 22.4 Å². The first-order chi connectivity index (χ1) is 8.32. The van der Waals surface area contributed by atoms with Crippen molar-refractivity contribution in [2.45, 2.75) is 52.1 Å². The standard InChI is InChI=1S/C13H22BrN3O/c1-5-6-9(18)8-15-11-7-10(14)16-12(17-11)13(2,3)4/h7,9,18H,5-6,8H2,1-4H3,(H,15,16,17). The minimum Gasteiger partial charge on any atom is -0.391 e. The van der Waals surface area contributed by atoms with Crippen LogP contribution >= 0.6 is 15.9 Å². The molecule has 1 rings (SSSR count). The summed E-state index contributed by atoms with van der Waals surface area (Å²) in [6.07, 6.45) is 1.44. The summed E-state index contributed by atoms with van der Waals surface area (Å²) in [7, 11) is 0. The van der Waals surface area contributed by atoms with E-state index in [0.717, 1.165) is 29.1 Å². The van der Waals surface area contributed by atoms with Crippen molar-refractivity contribution in [3.8, 4) is 0 Å². The van der Waals surface area contributed by atoms with Crippen molar-refractivity contribution in [1.29, 1.82) is 0 Å². The van der Waals surface area contributed by atoms with Gasteiger partial charge in [0.2, 0.25) is 0 Å². The summed E-state index contributed by atoms with van der Waals surface area (Å²) < 4.78 is 0.759. The van der Waals surface area contributed by atoms with Crippen molar-refractivity contribution in [1.82, 2.24) is 9.97 Å². The van der Waals surface area contributed by atoms with E-state index in [2.05, 4.69) is 58.9 Å². The number of aromatic nitrogens is 2. The smallest absolute Gasteiger partial charge is 0.137 e. The van der Waals surface area contributed by atoms with E-state index in [1.54, 1.807) is 0 Å². The van der Waals surface area contributed by atoms with Crippen molar-refractivity contribution >= 4 is 21.7 Å². The molecule has 0 amide bonds. The van der Waals surface area contributed by atoms with E-state index in [9.17, 15) is 5.11 Å². The number of nitrogens with one attached hydrogen (secondary N) is 1. The Bertz CT molecular complexity index is 390.